The van der Waals surface area contributed by atoms with Crippen LogP contribution in [0.4, 0.5) is 5.69 Å². The normalized spacial score (nSPS) is 12.0. The third-order valence-corrected chi connectivity index (χ3v) is 3.91. The lowest BCUT2D eigenvalue weighted by molar-refractivity contribution is 0.0601. The molecule has 19 heavy (non-hydrogen) atoms. The monoisotopic (exact) mass is 349 g/mol. The molecule has 0 radical (unpaired) electrons. The first kappa shape index (κ1) is 16.1. The number of alkyl halides is 1. The molecule has 5 nitrogen and oxygen atoms in total. The first-order chi connectivity index (χ1) is 9.04. The predicted molar refractivity (Wildman–Crippen MR) is 78.8 cm³/mol. The van der Waals surface area contributed by atoms with Crippen LogP contribution in [0.3, 0.4) is 0 Å². The van der Waals surface area contributed by atoms with Gasteiger partial charge in [0.15, 0.2) is 0 Å². The number of halogens is 1. The summed E-state index contributed by atoms with van der Waals surface area (Å²) < 4.78 is 26.8. The standard InChI is InChI=1S/C12H16BrNO4S/c1-3-6-14(19(16)17)11-7-9(8-13)4-5-10(11)12(15)18-2/h4-5,7H,3,6,8H2,1-2H3,(H,16,17). The fourth-order valence-electron chi connectivity index (χ4n) is 1.64. The Labute approximate surface area is 123 Å². The number of carbonyl (C=O) groups is 1. The van der Waals surface area contributed by atoms with Crippen molar-refractivity contribution in [3.05, 3.63) is 29.3 Å². The van der Waals surface area contributed by atoms with Crippen molar-refractivity contribution in [2.45, 2.75) is 18.7 Å². The number of rotatable bonds is 6. The molecule has 0 saturated carbocycles. The summed E-state index contributed by atoms with van der Waals surface area (Å²) in [5.41, 5.74) is 1.60. The highest BCUT2D eigenvalue weighted by atomic mass is 79.9. The summed E-state index contributed by atoms with van der Waals surface area (Å²) in [5.74, 6) is -0.525. The molecule has 1 atom stereocenters. The van der Waals surface area contributed by atoms with E-state index in [1.165, 1.54) is 11.4 Å². The molecule has 1 aromatic carbocycles. The average molecular weight is 350 g/mol. The van der Waals surface area contributed by atoms with Gasteiger partial charge in [0.1, 0.15) is 0 Å². The molecule has 0 aliphatic rings. The third kappa shape index (κ3) is 4.02. The van der Waals surface area contributed by atoms with Crippen molar-refractivity contribution >= 4 is 38.9 Å². The summed E-state index contributed by atoms with van der Waals surface area (Å²) in [6.45, 7) is 2.27. The minimum atomic E-state index is -2.18. The summed E-state index contributed by atoms with van der Waals surface area (Å²) in [5, 5.41) is 0.597. The van der Waals surface area contributed by atoms with Crippen molar-refractivity contribution in [2.75, 3.05) is 18.0 Å². The van der Waals surface area contributed by atoms with Crippen molar-refractivity contribution < 1.29 is 18.3 Å². The molecule has 0 amide bonds. The number of esters is 1. The molecule has 7 heteroatoms. The van der Waals surface area contributed by atoms with Crippen LogP contribution in [-0.2, 0) is 21.3 Å². The molecule has 0 saturated heterocycles. The van der Waals surface area contributed by atoms with Gasteiger partial charge in [-0.15, -0.1) is 0 Å². The van der Waals surface area contributed by atoms with Crippen LogP contribution in [0.15, 0.2) is 18.2 Å². The number of hydrogen-bond donors (Lipinski definition) is 1. The van der Waals surface area contributed by atoms with Crippen LogP contribution in [-0.4, -0.2) is 28.4 Å². The van der Waals surface area contributed by atoms with E-state index in [1.54, 1.807) is 18.2 Å². The second-order valence-electron chi connectivity index (χ2n) is 3.81. The maximum Gasteiger partial charge on any atom is 0.340 e. The maximum absolute atomic E-state index is 11.7. The smallest absolute Gasteiger partial charge is 0.340 e. The highest BCUT2D eigenvalue weighted by Crippen LogP contribution is 2.25. The van der Waals surface area contributed by atoms with Crippen LogP contribution in [0.5, 0.6) is 0 Å². The molecule has 1 rings (SSSR count). The number of hydrogen-bond acceptors (Lipinski definition) is 3. The Morgan fingerprint density at radius 1 is 1.53 bits per heavy atom. The number of benzene rings is 1. The summed E-state index contributed by atoms with van der Waals surface area (Å²) in [6.07, 6.45) is 0.686. The Hall–Kier alpha value is -0.920. The summed E-state index contributed by atoms with van der Waals surface area (Å²) in [4.78, 5) is 11.7. The van der Waals surface area contributed by atoms with Gasteiger partial charge in [-0.1, -0.05) is 28.9 Å². The van der Waals surface area contributed by atoms with E-state index in [9.17, 15) is 13.6 Å². The minimum Gasteiger partial charge on any atom is -0.465 e. The van der Waals surface area contributed by atoms with E-state index in [1.807, 2.05) is 6.92 Å². The molecule has 0 fully saturated rings. The first-order valence-electron chi connectivity index (χ1n) is 5.70. The number of carbonyl (C=O) groups excluding carboxylic acids is 1. The molecule has 0 bridgehead atoms. The van der Waals surface area contributed by atoms with Gasteiger partial charge in [-0.25, -0.2) is 9.00 Å². The van der Waals surface area contributed by atoms with E-state index in [-0.39, 0.29) is 5.56 Å². The highest BCUT2D eigenvalue weighted by molar-refractivity contribution is 9.08. The lowest BCUT2D eigenvalue weighted by atomic mass is 10.1. The number of methoxy groups -OCH3 is 1. The molecule has 1 aromatic rings. The first-order valence-corrected chi connectivity index (χ1v) is 7.89. The van der Waals surface area contributed by atoms with E-state index in [2.05, 4.69) is 15.9 Å². The lowest BCUT2D eigenvalue weighted by Gasteiger charge is -2.22. The molecular weight excluding hydrogens is 334 g/mol. The maximum atomic E-state index is 11.7. The average Bonchev–Trinajstić information content (AvgIpc) is 2.42. The minimum absolute atomic E-state index is 0.281. The molecule has 0 aromatic heterocycles. The summed E-state index contributed by atoms with van der Waals surface area (Å²) in [6, 6.07) is 5.09. The topological polar surface area (TPSA) is 66.8 Å². The van der Waals surface area contributed by atoms with Gasteiger partial charge in [-0.2, -0.15) is 0 Å². The molecule has 106 valence electrons. The molecule has 0 aliphatic heterocycles. The Balaban J connectivity index is 3.33. The van der Waals surface area contributed by atoms with Gasteiger partial charge >= 0.3 is 5.97 Å². The Bertz CT molecular complexity index is 481. The van der Waals surface area contributed by atoms with Crippen LogP contribution in [0.1, 0.15) is 29.3 Å². The zero-order chi connectivity index (χ0) is 14.4. The van der Waals surface area contributed by atoms with Crippen molar-refractivity contribution in [1.82, 2.24) is 0 Å². The van der Waals surface area contributed by atoms with Crippen molar-refractivity contribution in [3.63, 3.8) is 0 Å². The van der Waals surface area contributed by atoms with E-state index in [4.69, 9.17) is 4.74 Å². The number of ether oxygens (including phenoxy) is 1. The summed E-state index contributed by atoms with van der Waals surface area (Å²) in [7, 11) is 1.28. The van der Waals surface area contributed by atoms with Crippen LogP contribution < -0.4 is 4.31 Å². The van der Waals surface area contributed by atoms with Gasteiger partial charge in [0.25, 0.3) is 11.3 Å². The highest BCUT2D eigenvalue weighted by Gasteiger charge is 2.20. The van der Waals surface area contributed by atoms with E-state index in [0.717, 1.165) is 5.56 Å². The molecular formula is C12H16BrNO4S. The van der Waals surface area contributed by atoms with Crippen LogP contribution in [0.2, 0.25) is 0 Å². The van der Waals surface area contributed by atoms with Gasteiger partial charge in [0, 0.05) is 11.9 Å². The molecule has 0 aliphatic carbocycles. The second-order valence-corrected chi connectivity index (χ2v) is 5.27. The van der Waals surface area contributed by atoms with E-state index < -0.39 is 17.2 Å². The van der Waals surface area contributed by atoms with E-state index in [0.29, 0.717) is 24.0 Å². The fraction of sp³-hybridized carbons (Fsp3) is 0.417. The molecule has 1 unspecified atom stereocenters. The lowest BCUT2D eigenvalue weighted by Crippen LogP contribution is -2.28. The van der Waals surface area contributed by atoms with Gasteiger partial charge in [-0.05, 0) is 24.1 Å². The molecule has 1 N–H and O–H groups in total. The van der Waals surface area contributed by atoms with Gasteiger partial charge in [-0.3, -0.25) is 8.86 Å². The SMILES string of the molecule is CCCN(c1cc(CBr)ccc1C(=O)OC)S(=O)O. The number of nitrogens with zero attached hydrogens (tertiary/aromatic N) is 1. The van der Waals surface area contributed by atoms with Crippen LogP contribution >= 0.6 is 15.9 Å². The zero-order valence-electron chi connectivity index (χ0n) is 10.8. The largest absolute Gasteiger partial charge is 0.465 e. The Kier molecular flexibility index (Phi) is 6.47. The van der Waals surface area contributed by atoms with Gasteiger partial charge < -0.3 is 4.74 Å². The van der Waals surface area contributed by atoms with Gasteiger partial charge in [0.05, 0.1) is 18.4 Å². The van der Waals surface area contributed by atoms with Gasteiger partial charge in [0.2, 0.25) is 0 Å². The van der Waals surface area contributed by atoms with Crippen molar-refractivity contribution in [2.24, 2.45) is 0 Å². The zero-order valence-corrected chi connectivity index (χ0v) is 13.2. The fourth-order valence-corrected chi connectivity index (χ4v) is 2.64. The molecule has 0 spiro atoms. The van der Waals surface area contributed by atoms with E-state index >= 15 is 0 Å². The Morgan fingerprint density at radius 2 is 2.21 bits per heavy atom. The van der Waals surface area contributed by atoms with Crippen molar-refractivity contribution in [3.8, 4) is 0 Å². The van der Waals surface area contributed by atoms with Crippen LogP contribution in [0, 0.1) is 0 Å². The Morgan fingerprint density at radius 3 is 2.68 bits per heavy atom. The molecule has 0 heterocycles. The predicted octanol–water partition coefficient (Wildman–Crippen LogP) is 2.72. The van der Waals surface area contributed by atoms with Crippen LogP contribution in [0.25, 0.3) is 0 Å². The van der Waals surface area contributed by atoms with Crippen molar-refractivity contribution in [1.29, 1.82) is 0 Å². The second kappa shape index (κ2) is 7.62. The third-order valence-electron chi connectivity index (χ3n) is 2.51. The quantitative estimate of drug-likeness (QED) is 0.487. The number of anilines is 1. The summed E-state index contributed by atoms with van der Waals surface area (Å²) >= 11 is 1.14.